The maximum Gasteiger partial charge on any atom is 0.340 e. The Bertz CT molecular complexity index is 474. The van der Waals surface area contributed by atoms with Gasteiger partial charge in [-0.1, -0.05) is 13.3 Å². The maximum atomic E-state index is 11.9. The van der Waals surface area contributed by atoms with E-state index in [9.17, 15) is 4.79 Å². The number of nitrogens with two attached hydrogens (primary N) is 1. The van der Waals surface area contributed by atoms with E-state index in [4.69, 9.17) is 10.5 Å². The fourth-order valence-electron chi connectivity index (χ4n) is 2.92. The number of hydrogen-bond acceptors (Lipinski definition) is 4. The van der Waals surface area contributed by atoms with Crippen LogP contribution < -0.4 is 10.6 Å². The molecule has 1 aromatic carbocycles. The topological polar surface area (TPSA) is 55.6 Å². The molecule has 0 amide bonds. The molecule has 20 heavy (non-hydrogen) atoms. The van der Waals surface area contributed by atoms with E-state index >= 15 is 0 Å². The minimum absolute atomic E-state index is 0.316. The van der Waals surface area contributed by atoms with Gasteiger partial charge in [-0.3, -0.25) is 0 Å². The molecule has 1 aliphatic heterocycles. The van der Waals surface area contributed by atoms with Crippen molar-refractivity contribution < 1.29 is 9.53 Å². The predicted octanol–water partition coefficient (Wildman–Crippen LogP) is 3.07. The van der Waals surface area contributed by atoms with Crippen LogP contribution in [-0.4, -0.2) is 26.2 Å². The van der Waals surface area contributed by atoms with Gasteiger partial charge < -0.3 is 15.4 Å². The fourth-order valence-corrected chi connectivity index (χ4v) is 2.92. The van der Waals surface area contributed by atoms with Gasteiger partial charge in [-0.2, -0.15) is 0 Å². The molecule has 1 aliphatic rings. The monoisotopic (exact) mass is 276 g/mol. The number of benzene rings is 1. The number of hydrogen-bond donors (Lipinski definition) is 1. The minimum Gasteiger partial charge on any atom is -0.465 e. The molecule has 0 bridgehead atoms. The third-order valence-corrected chi connectivity index (χ3v) is 4.19. The average Bonchev–Trinajstić information content (AvgIpc) is 2.71. The highest BCUT2D eigenvalue weighted by molar-refractivity contribution is 5.97. The van der Waals surface area contributed by atoms with Gasteiger partial charge in [-0.05, 0) is 43.4 Å². The molecule has 0 aliphatic carbocycles. The summed E-state index contributed by atoms with van der Waals surface area (Å²) in [4.78, 5) is 14.2. The number of esters is 1. The van der Waals surface area contributed by atoms with Crippen LogP contribution in [0.5, 0.6) is 0 Å². The first kappa shape index (κ1) is 14.7. The molecule has 2 rings (SSSR count). The number of nitrogen functional groups attached to an aromatic ring is 1. The predicted molar refractivity (Wildman–Crippen MR) is 82.0 cm³/mol. The van der Waals surface area contributed by atoms with Crippen molar-refractivity contribution in [2.24, 2.45) is 5.92 Å². The molecular weight excluding hydrogens is 252 g/mol. The SMILES string of the molecule is CCC1CCCN(c2ccc(N)cc2C(=O)OC)CC1. The first-order chi connectivity index (χ1) is 9.65. The first-order valence-corrected chi connectivity index (χ1v) is 7.38. The van der Waals surface area contributed by atoms with Crippen LogP contribution in [0.4, 0.5) is 11.4 Å². The van der Waals surface area contributed by atoms with E-state index in [0.29, 0.717) is 11.3 Å². The summed E-state index contributed by atoms with van der Waals surface area (Å²) < 4.78 is 4.88. The zero-order chi connectivity index (χ0) is 14.5. The number of rotatable bonds is 3. The van der Waals surface area contributed by atoms with Crippen LogP contribution in [0.15, 0.2) is 18.2 Å². The summed E-state index contributed by atoms with van der Waals surface area (Å²) in [5.41, 5.74) is 7.91. The summed E-state index contributed by atoms with van der Waals surface area (Å²) in [6.45, 7) is 4.24. The summed E-state index contributed by atoms with van der Waals surface area (Å²) in [6.07, 6.45) is 4.86. The molecule has 1 aromatic rings. The Balaban J connectivity index is 2.25. The Morgan fingerprint density at radius 3 is 2.90 bits per heavy atom. The summed E-state index contributed by atoms with van der Waals surface area (Å²) in [6, 6.07) is 5.50. The highest BCUT2D eigenvalue weighted by atomic mass is 16.5. The van der Waals surface area contributed by atoms with Crippen LogP contribution in [-0.2, 0) is 4.74 Å². The van der Waals surface area contributed by atoms with Crippen molar-refractivity contribution in [3.63, 3.8) is 0 Å². The van der Waals surface area contributed by atoms with Crippen LogP contribution in [0.1, 0.15) is 43.0 Å². The van der Waals surface area contributed by atoms with E-state index in [2.05, 4.69) is 11.8 Å². The van der Waals surface area contributed by atoms with Crippen molar-refractivity contribution >= 4 is 17.3 Å². The zero-order valence-electron chi connectivity index (χ0n) is 12.4. The van der Waals surface area contributed by atoms with Gasteiger partial charge in [0.2, 0.25) is 0 Å². The average molecular weight is 276 g/mol. The summed E-state index contributed by atoms with van der Waals surface area (Å²) in [5, 5.41) is 0. The fraction of sp³-hybridized carbons (Fsp3) is 0.562. The third-order valence-electron chi connectivity index (χ3n) is 4.19. The van der Waals surface area contributed by atoms with Gasteiger partial charge in [-0.25, -0.2) is 4.79 Å². The lowest BCUT2D eigenvalue weighted by molar-refractivity contribution is 0.0601. The van der Waals surface area contributed by atoms with Gasteiger partial charge in [-0.15, -0.1) is 0 Å². The maximum absolute atomic E-state index is 11.9. The quantitative estimate of drug-likeness (QED) is 0.681. The Labute approximate surface area is 120 Å². The molecule has 110 valence electrons. The zero-order valence-corrected chi connectivity index (χ0v) is 12.4. The number of methoxy groups -OCH3 is 1. The Morgan fingerprint density at radius 2 is 2.20 bits per heavy atom. The molecule has 4 nitrogen and oxygen atoms in total. The highest BCUT2D eigenvalue weighted by Crippen LogP contribution is 2.28. The highest BCUT2D eigenvalue weighted by Gasteiger charge is 2.21. The molecule has 0 aromatic heterocycles. The Hall–Kier alpha value is -1.71. The molecule has 1 atom stereocenters. The lowest BCUT2D eigenvalue weighted by atomic mass is 9.98. The molecule has 1 fully saturated rings. The molecule has 0 saturated carbocycles. The van der Waals surface area contributed by atoms with E-state index < -0.39 is 0 Å². The summed E-state index contributed by atoms with van der Waals surface area (Å²) >= 11 is 0. The van der Waals surface area contributed by atoms with Crippen LogP contribution >= 0.6 is 0 Å². The normalized spacial score (nSPS) is 19.5. The third kappa shape index (κ3) is 3.24. The van der Waals surface area contributed by atoms with Crippen molar-refractivity contribution in [1.29, 1.82) is 0 Å². The molecule has 0 spiro atoms. The minimum atomic E-state index is -0.316. The second-order valence-corrected chi connectivity index (χ2v) is 5.46. The lowest BCUT2D eigenvalue weighted by Crippen LogP contribution is -2.26. The number of anilines is 2. The molecular formula is C16H24N2O2. The van der Waals surface area contributed by atoms with Gasteiger partial charge in [0.05, 0.1) is 18.4 Å². The molecule has 1 unspecified atom stereocenters. The van der Waals surface area contributed by atoms with Gasteiger partial charge >= 0.3 is 5.97 Å². The largest absolute Gasteiger partial charge is 0.465 e. The van der Waals surface area contributed by atoms with E-state index in [1.165, 1.54) is 32.8 Å². The number of carbonyl (C=O) groups excluding carboxylic acids is 1. The Morgan fingerprint density at radius 1 is 1.40 bits per heavy atom. The lowest BCUT2D eigenvalue weighted by Gasteiger charge is -2.25. The number of nitrogens with zero attached hydrogens (tertiary/aromatic N) is 1. The van der Waals surface area contributed by atoms with E-state index in [1.807, 2.05) is 12.1 Å². The molecule has 1 saturated heterocycles. The van der Waals surface area contributed by atoms with Gasteiger partial charge in [0.15, 0.2) is 0 Å². The van der Waals surface area contributed by atoms with E-state index in [-0.39, 0.29) is 5.97 Å². The molecule has 4 heteroatoms. The van der Waals surface area contributed by atoms with Crippen molar-refractivity contribution in [1.82, 2.24) is 0 Å². The second kappa shape index (κ2) is 6.64. The van der Waals surface area contributed by atoms with Crippen molar-refractivity contribution in [2.45, 2.75) is 32.6 Å². The van der Waals surface area contributed by atoms with Crippen molar-refractivity contribution in [3.8, 4) is 0 Å². The smallest absolute Gasteiger partial charge is 0.340 e. The van der Waals surface area contributed by atoms with Gasteiger partial charge in [0.1, 0.15) is 0 Å². The Kier molecular flexibility index (Phi) is 4.88. The van der Waals surface area contributed by atoms with Crippen LogP contribution in [0, 0.1) is 5.92 Å². The van der Waals surface area contributed by atoms with E-state index in [0.717, 1.165) is 24.7 Å². The number of ether oxygens (including phenoxy) is 1. The number of carbonyl (C=O) groups is 1. The van der Waals surface area contributed by atoms with Crippen molar-refractivity contribution in [2.75, 3.05) is 30.8 Å². The van der Waals surface area contributed by atoms with Crippen LogP contribution in [0.3, 0.4) is 0 Å². The van der Waals surface area contributed by atoms with Crippen LogP contribution in [0.25, 0.3) is 0 Å². The second-order valence-electron chi connectivity index (χ2n) is 5.46. The summed E-state index contributed by atoms with van der Waals surface area (Å²) in [5.74, 6) is 0.485. The molecule has 0 radical (unpaired) electrons. The standard InChI is InChI=1S/C16H24N2O2/c1-3-12-5-4-9-18(10-8-12)15-7-6-13(17)11-14(15)16(19)20-2/h6-7,11-12H,3-5,8-10,17H2,1-2H3. The molecule has 1 heterocycles. The first-order valence-electron chi connectivity index (χ1n) is 7.38. The summed E-state index contributed by atoms with van der Waals surface area (Å²) in [7, 11) is 1.41. The van der Waals surface area contributed by atoms with E-state index in [1.54, 1.807) is 6.07 Å². The molecule has 2 N–H and O–H groups in total. The van der Waals surface area contributed by atoms with Crippen LogP contribution in [0.2, 0.25) is 0 Å². The van der Waals surface area contributed by atoms with Gasteiger partial charge in [0.25, 0.3) is 0 Å². The van der Waals surface area contributed by atoms with Crippen molar-refractivity contribution in [3.05, 3.63) is 23.8 Å². The van der Waals surface area contributed by atoms with Gasteiger partial charge in [0, 0.05) is 18.8 Å².